The smallest absolute Gasteiger partial charge is 0.408 e. The number of ether oxygens (including phenoxy) is 1. The fourth-order valence-electron chi connectivity index (χ4n) is 2.67. The van der Waals surface area contributed by atoms with E-state index in [1.807, 2.05) is 0 Å². The van der Waals surface area contributed by atoms with Gasteiger partial charge in [-0.15, -0.1) is 0 Å². The number of nitrogens with zero attached hydrogens (tertiary/aromatic N) is 1. The molecule has 1 aromatic rings. The Morgan fingerprint density at radius 2 is 1.68 bits per heavy atom. The summed E-state index contributed by atoms with van der Waals surface area (Å²) in [5, 5.41) is 12.1. The van der Waals surface area contributed by atoms with Crippen molar-refractivity contribution in [3.8, 4) is 0 Å². The summed E-state index contributed by atoms with van der Waals surface area (Å²) >= 11 is 0. The van der Waals surface area contributed by atoms with E-state index in [-0.39, 0.29) is 12.5 Å². The summed E-state index contributed by atoms with van der Waals surface area (Å²) in [6.45, 7) is 9.89. The van der Waals surface area contributed by atoms with Gasteiger partial charge in [0.05, 0.1) is 0 Å². The number of alkyl carbamates (subject to hydrolysis) is 1. The summed E-state index contributed by atoms with van der Waals surface area (Å²) in [6, 6.07) is 3.34. The SMILES string of the molecule is CC(C)[C@H](C(=O)O)N(Cc1ccc(F)cc1)C(=O)[C@H](C)NC(=O)OC(C)(C)C. The maximum absolute atomic E-state index is 13.2. The average Bonchev–Trinajstić information content (AvgIpc) is 2.52. The summed E-state index contributed by atoms with van der Waals surface area (Å²) in [5.41, 5.74) is -0.159. The number of nitrogens with one attached hydrogen (secondary N) is 1. The molecule has 7 nitrogen and oxygen atoms in total. The van der Waals surface area contributed by atoms with Crippen LogP contribution in [-0.2, 0) is 20.9 Å². The number of carbonyl (C=O) groups is 3. The van der Waals surface area contributed by atoms with Crippen LogP contribution in [0.3, 0.4) is 0 Å². The van der Waals surface area contributed by atoms with Gasteiger partial charge < -0.3 is 20.1 Å². The molecule has 8 heteroatoms. The lowest BCUT2D eigenvalue weighted by molar-refractivity contribution is -0.153. The van der Waals surface area contributed by atoms with Crippen LogP contribution < -0.4 is 5.32 Å². The number of hydrogen-bond acceptors (Lipinski definition) is 4. The third-order valence-electron chi connectivity index (χ3n) is 3.87. The van der Waals surface area contributed by atoms with Gasteiger partial charge in [0.1, 0.15) is 23.5 Å². The fourth-order valence-corrected chi connectivity index (χ4v) is 2.67. The predicted octanol–water partition coefficient (Wildman–Crippen LogP) is 3.18. The number of benzene rings is 1. The van der Waals surface area contributed by atoms with Crippen LogP contribution >= 0.6 is 0 Å². The molecule has 0 bridgehead atoms. The molecule has 156 valence electrons. The van der Waals surface area contributed by atoms with E-state index in [2.05, 4.69) is 5.32 Å². The molecule has 0 radical (unpaired) electrons. The molecule has 2 amide bonds. The van der Waals surface area contributed by atoms with Crippen LogP contribution in [0.5, 0.6) is 0 Å². The first-order valence-electron chi connectivity index (χ1n) is 9.09. The summed E-state index contributed by atoms with van der Waals surface area (Å²) in [5.74, 6) is -2.54. The van der Waals surface area contributed by atoms with E-state index in [9.17, 15) is 23.9 Å². The molecule has 1 aromatic carbocycles. The summed E-state index contributed by atoms with van der Waals surface area (Å²) < 4.78 is 18.3. The molecule has 2 N–H and O–H groups in total. The molecule has 28 heavy (non-hydrogen) atoms. The van der Waals surface area contributed by atoms with Crippen molar-refractivity contribution in [1.82, 2.24) is 10.2 Å². The Morgan fingerprint density at radius 3 is 2.11 bits per heavy atom. The number of carboxylic acids is 1. The van der Waals surface area contributed by atoms with Crippen molar-refractivity contribution in [2.45, 2.75) is 65.8 Å². The topological polar surface area (TPSA) is 95.9 Å². The molecule has 0 aliphatic carbocycles. The van der Waals surface area contributed by atoms with Crippen molar-refractivity contribution in [3.05, 3.63) is 35.6 Å². The van der Waals surface area contributed by atoms with Crippen LogP contribution in [0, 0.1) is 11.7 Å². The van der Waals surface area contributed by atoms with E-state index >= 15 is 0 Å². The lowest BCUT2D eigenvalue weighted by Gasteiger charge is -2.34. The molecular weight excluding hydrogens is 367 g/mol. The molecule has 0 spiro atoms. The summed E-state index contributed by atoms with van der Waals surface area (Å²) in [4.78, 5) is 37.9. The highest BCUT2D eigenvalue weighted by molar-refractivity contribution is 5.89. The van der Waals surface area contributed by atoms with Crippen LogP contribution in [0.25, 0.3) is 0 Å². The van der Waals surface area contributed by atoms with Crippen molar-refractivity contribution >= 4 is 18.0 Å². The lowest BCUT2D eigenvalue weighted by atomic mass is 10.0. The Kier molecular flexibility index (Phi) is 7.96. The first-order valence-corrected chi connectivity index (χ1v) is 9.09. The normalized spacial score (nSPS) is 13.6. The van der Waals surface area contributed by atoms with E-state index in [1.165, 1.54) is 36.1 Å². The third kappa shape index (κ3) is 7.17. The highest BCUT2D eigenvalue weighted by atomic mass is 19.1. The van der Waals surface area contributed by atoms with E-state index in [0.29, 0.717) is 5.56 Å². The zero-order chi connectivity index (χ0) is 21.6. The Hall–Kier alpha value is -2.64. The number of aliphatic carboxylic acids is 1. The van der Waals surface area contributed by atoms with Gasteiger partial charge in [-0.25, -0.2) is 14.0 Å². The molecule has 0 heterocycles. The Bertz CT molecular complexity index is 698. The molecule has 0 aliphatic rings. The second-order valence-corrected chi connectivity index (χ2v) is 7.99. The highest BCUT2D eigenvalue weighted by Crippen LogP contribution is 2.18. The minimum absolute atomic E-state index is 0.0331. The van der Waals surface area contributed by atoms with E-state index in [4.69, 9.17) is 4.74 Å². The van der Waals surface area contributed by atoms with E-state index < -0.39 is 41.5 Å². The van der Waals surface area contributed by atoms with Crippen molar-refractivity contribution in [2.24, 2.45) is 5.92 Å². The molecule has 0 aromatic heterocycles. The lowest BCUT2D eigenvalue weighted by Crippen LogP contribution is -2.54. The molecule has 0 saturated carbocycles. The number of rotatable bonds is 7. The number of carboxylic acid groups (broad SMARTS) is 1. The maximum Gasteiger partial charge on any atom is 0.408 e. The quantitative estimate of drug-likeness (QED) is 0.738. The second-order valence-electron chi connectivity index (χ2n) is 7.99. The van der Waals surface area contributed by atoms with Crippen LogP contribution in [0.1, 0.15) is 47.1 Å². The van der Waals surface area contributed by atoms with Gasteiger partial charge >= 0.3 is 12.1 Å². The maximum atomic E-state index is 13.2. The number of carbonyl (C=O) groups excluding carboxylic acids is 2. The largest absolute Gasteiger partial charge is 0.480 e. The summed E-state index contributed by atoms with van der Waals surface area (Å²) in [7, 11) is 0. The van der Waals surface area contributed by atoms with Gasteiger partial charge in [-0.05, 0) is 51.3 Å². The van der Waals surface area contributed by atoms with Gasteiger partial charge in [0.2, 0.25) is 5.91 Å². The standard InChI is InChI=1S/C20H29FN2O5/c1-12(2)16(18(25)26)23(11-14-7-9-15(21)10-8-14)17(24)13(3)22-19(27)28-20(4,5)6/h7-10,12-13,16H,11H2,1-6H3,(H,22,27)(H,25,26)/t13-,16+/m0/s1. The molecule has 0 aliphatic heterocycles. The minimum atomic E-state index is -1.16. The van der Waals surface area contributed by atoms with Crippen LogP contribution in [0.2, 0.25) is 0 Å². The third-order valence-corrected chi connectivity index (χ3v) is 3.87. The zero-order valence-corrected chi connectivity index (χ0v) is 17.2. The highest BCUT2D eigenvalue weighted by Gasteiger charge is 2.35. The molecule has 0 saturated heterocycles. The molecule has 2 atom stereocenters. The number of halogens is 1. The van der Waals surface area contributed by atoms with Gasteiger partial charge in [-0.1, -0.05) is 26.0 Å². The van der Waals surface area contributed by atoms with E-state index in [1.54, 1.807) is 34.6 Å². The van der Waals surface area contributed by atoms with Crippen molar-refractivity contribution in [2.75, 3.05) is 0 Å². The van der Waals surface area contributed by atoms with Gasteiger partial charge in [0.15, 0.2) is 0 Å². The van der Waals surface area contributed by atoms with Crippen LogP contribution in [-0.4, -0.2) is 45.7 Å². The van der Waals surface area contributed by atoms with Gasteiger partial charge in [-0.3, -0.25) is 4.79 Å². The summed E-state index contributed by atoms with van der Waals surface area (Å²) in [6.07, 6.45) is -0.772. The van der Waals surface area contributed by atoms with Gasteiger partial charge in [-0.2, -0.15) is 0 Å². The molecule has 0 unspecified atom stereocenters. The second kappa shape index (κ2) is 9.52. The van der Waals surface area contributed by atoms with Gasteiger partial charge in [0.25, 0.3) is 0 Å². The number of hydrogen-bond donors (Lipinski definition) is 2. The molecular formula is C20H29FN2O5. The van der Waals surface area contributed by atoms with Gasteiger partial charge in [0, 0.05) is 6.54 Å². The van der Waals surface area contributed by atoms with E-state index in [0.717, 1.165) is 0 Å². The molecule has 0 fully saturated rings. The monoisotopic (exact) mass is 396 g/mol. The van der Waals surface area contributed by atoms with Crippen LogP contribution in [0.15, 0.2) is 24.3 Å². The first kappa shape index (κ1) is 23.4. The first-order chi connectivity index (χ1) is 12.8. The van der Waals surface area contributed by atoms with Crippen molar-refractivity contribution < 1.29 is 28.6 Å². The van der Waals surface area contributed by atoms with Crippen molar-refractivity contribution in [3.63, 3.8) is 0 Å². The fraction of sp³-hybridized carbons (Fsp3) is 0.550. The van der Waals surface area contributed by atoms with Crippen LogP contribution in [0.4, 0.5) is 9.18 Å². The Labute approximate surface area is 164 Å². The zero-order valence-electron chi connectivity index (χ0n) is 17.2. The Morgan fingerprint density at radius 1 is 1.14 bits per heavy atom. The average molecular weight is 396 g/mol. The minimum Gasteiger partial charge on any atom is -0.480 e. The number of amides is 2. The molecule has 1 rings (SSSR count). The Balaban J connectivity index is 3.08. The predicted molar refractivity (Wildman–Crippen MR) is 102 cm³/mol. The van der Waals surface area contributed by atoms with Crippen molar-refractivity contribution in [1.29, 1.82) is 0 Å².